The third-order valence-electron chi connectivity index (χ3n) is 2.72. The van der Waals surface area contributed by atoms with Crippen molar-refractivity contribution < 1.29 is 0 Å². The van der Waals surface area contributed by atoms with Gasteiger partial charge in [0.2, 0.25) is 0 Å². The van der Waals surface area contributed by atoms with Gasteiger partial charge in [-0.3, -0.25) is 0 Å². The first-order chi connectivity index (χ1) is 4.97. The van der Waals surface area contributed by atoms with Gasteiger partial charge < -0.3 is 10.2 Å². The molecule has 0 spiro atoms. The normalized spacial score (nSPS) is 27.3. The van der Waals surface area contributed by atoms with Gasteiger partial charge in [-0.05, 0) is 45.4 Å². The van der Waals surface area contributed by atoms with Gasteiger partial charge in [0, 0.05) is 6.04 Å². The number of likely N-dealkylation sites (tertiary alicyclic amines) is 1. The largest absolute Gasteiger partial charge is 0.317 e. The summed E-state index contributed by atoms with van der Waals surface area (Å²) >= 11 is 0. The summed E-state index contributed by atoms with van der Waals surface area (Å²) in [7, 11) is 0. The van der Waals surface area contributed by atoms with E-state index < -0.39 is 0 Å². The van der Waals surface area contributed by atoms with Crippen LogP contribution < -0.4 is 5.32 Å². The first-order valence-corrected chi connectivity index (χ1v) is 4.41. The van der Waals surface area contributed by atoms with E-state index in [1.807, 2.05) is 0 Å². The molecule has 2 aliphatic heterocycles. The molecule has 0 radical (unpaired) electrons. The highest BCUT2D eigenvalue weighted by Gasteiger charge is 2.24. The zero-order chi connectivity index (χ0) is 6.81. The van der Waals surface area contributed by atoms with E-state index in [0.717, 1.165) is 6.04 Å². The summed E-state index contributed by atoms with van der Waals surface area (Å²) in [4.78, 5) is 2.63. The van der Waals surface area contributed by atoms with Gasteiger partial charge in [0.1, 0.15) is 0 Å². The van der Waals surface area contributed by atoms with Crippen molar-refractivity contribution in [2.45, 2.75) is 25.3 Å². The van der Waals surface area contributed by atoms with E-state index in [9.17, 15) is 0 Å². The van der Waals surface area contributed by atoms with Crippen LogP contribution in [0.1, 0.15) is 19.3 Å². The average molecular weight is 177 g/mol. The van der Waals surface area contributed by atoms with Crippen molar-refractivity contribution in [3.8, 4) is 0 Å². The van der Waals surface area contributed by atoms with Crippen LogP contribution in [0.2, 0.25) is 0 Å². The van der Waals surface area contributed by atoms with Crippen molar-refractivity contribution in [2.75, 3.05) is 26.2 Å². The van der Waals surface area contributed by atoms with Crippen molar-refractivity contribution in [3.63, 3.8) is 0 Å². The van der Waals surface area contributed by atoms with E-state index in [0.29, 0.717) is 0 Å². The van der Waals surface area contributed by atoms with Gasteiger partial charge in [0.15, 0.2) is 0 Å². The third kappa shape index (κ3) is 2.08. The molecule has 0 aromatic heterocycles. The van der Waals surface area contributed by atoms with Gasteiger partial charge in [-0.25, -0.2) is 0 Å². The van der Waals surface area contributed by atoms with Crippen LogP contribution in [0.3, 0.4) is 0 Å². The Labute approximate surface area is 74.7 Å². The van der Waals surface area contributed by atoms with Crippen LogP contribution in [0.25, 0.3) is 0 Å². The van der Waals surface area contributed by atoms with Gasteiger partial charge in [0.25, 0.3) is 0 Å². The van der Waals surface area contributed by atoms with E-state index in [1.165, 1.54) is 45.4 Å². The molecular formula is C8H17ClN2. The number of hydrogen-bond acceptors (Lipinski definition) is 2. The maximum Gasteiger partial charge on any atom is 0.0119 e. The van der Waals surface area contributed by atoms with Gasteiger partial charge >= 0.3 is 0 Å². The Hall–Kier alpha value is 0.210. The lowest BCUT2D eigenvalue weighted by Gasteiger charge is -2.40. The Bertz CT molecular complexity index is 109. The van der Waals surface area contributed by atoms with Crippen LogP contribution in [0.15, 0.2) is 0 Å². The standard InChI is InChI=1S/C8H16N2.ClH/c1-6-10(7-1)8-2-4-9-5-3-8;/h8-9H,1-7H2;1H. The van der Waals surface area contributed by atoms with Crippen LogP contribution in [0.5, 0.6) is 0 Å². The minimum absolute atomic E-state index is 0. The molecule has 2 fully saturated rings. The zero-order valence-corrected chi connectivity index (χ0v) is 7.70. The number of rotatable bonds is 1. The van der Waals surface area contributed by atoms with E-state index in [2.05, 4.69) is 10.2 Å². The molecular weight excluding hydrogens is 160 g/mol. The molecule has 2 aliphatic rings. The monoisotopic (exact) mass is 176 g/mol. The Morgan fingerprint density at radius 3 is 2.18 bits per heavy atom. The first kappa shape index (κ1) is 9.30. The van der Waals surface area contributed by atoms with E-state index >= 15 is 0 Å². The fourth-order valence-corrected chi connectivity index (χ4v) is 1.88. The molecule has 0 unspecified atom stereocenters. The summed E-state index contributed by atoms with van der Waals surface area (Å²) in [6, 6.07) is 0.926. The average Bonchev–Trinajstić information content (AvgIpc) is 1.86. The minimum atomic E-state index is 0. The number of hydrogen-bond donors (Lipinski definition) is 1. The fraction of sp³-hybridized carbons (Fsp3) is 1.00. The van der Waals surface area contributed by atoms with Gasteiger partial charge in [-0.1, -0.05) is 0 Å². The predicted octanol–water partition coefficient (Wildman–Crippen LogP) is 0.866. The lowest BCUT2D eigenvalue weighted by molar-refractivity contribution is 0.0957. The molecule has 0 aliphatic carbocycles. The number of nitrogens with one attached hydrogen (secondary N) is 1. The molecule has 0 amide bonds. The second-order valence-corrected chi connectivity index (χ2v) is 3.37. The Morgan fingerprint density at radius 1 is 1.09 bits per heavy atom. The minimum Gasteiger partial charge on any atom is -0.317 e. The lowest BCUT2D eigenvalue weighted by atomic mass is 10.0. The predicted molar refractivity (Wildman–Crippen MR) is 49.3 cm³/mol. The van der Waals surface area contributed by atoms with Gasteiger partial charge in [-0.2, -0.15) is 0 Å². The summed E-state index contributed by atoms with van der Waals surface area (Å²) in [5.41, 5.74) is 0. The molecule has 2 saturated heterocycles. The van der Waals surface area contributed by atoms with Crippen molar-refractivity contribution >= 4 is 12.4 Å². The summed E-state index contributed by atoms with van der Waals surface area (Å²) in [6.45, 7) is 5.21. The molecule has 0 aromatic carbocycles. The van der Waals surface area contributed by atoms with Crippen LogP contribution in [0, 0.1) is 0 Å². The van der Waals surface area contributed by atoms with Crippen molar-refractivity contribution in [2.24, 2.45) is 0 Å². The Kier molecular flexibility index (Phi) is 3.63. The SMILES string of the molecule is C1CN(C2CCNCC2)C1.Cl. The molecule has 2 heterocycles. The molecule has 2 rings (SSSR count). The fourth-order valence-electron chi connectivity index (χ4n) is 1.88. The van der Waals surface area contributed by atoms with Crippen LogP contribution >= 0.6 is 12.4 Å². The topological polar surface area (TPSA) is 15.3 Å². The number of piperidine rings is 1. The van der Waals surface area contributed by atoms with Gasteiger partial charge in [0.05, 0.1) is 0 Å². The van der Waals surface area contributed by atoms with E-state index in [1.54, 1.807) is 0 Å². The summed E-state index contributed by atoms with van der Waals surface area (Å²) in [5.74, 6) is 0. The van der Waals surface area contributed by atoms with Gasteiger partial charge in [-0.15, -0.1) is 12.4 Å². The Morgan fingerprint density at radius 2 is 1.73 bits per heavy atom. The molecule has 3 heteroatoms. The first-order valence-electron chi connectivity index (χ1n) is 4.41. The second kappa shape index (κ2) is 4.29. The summed E-state index contributed by atoms with van der Waals surface area (Å²) in [6.07, 6.45) is 4.18. The quantitative estimate of drug-likeness (QED) is 0.638. The van der Waals surface area contributed by atoms with Crippen LogP contribution in [-0.4, -0.2) is 37.1 Å². The van der Waals surface area contributed by atoms with Crippen LogP contribution in [-0.2, 0) is 0 Å². The zero-order valence-electron chi connectivity index (χ0n) is 6.88. The highest BCUT2D eigenvalue weighted by molar-refractivity contribution is 5.85. The number of halogens is 1. The molecule has 11 heavy (non-hydrogen) atoms. The maximum atomic E-state index is 3.39. The summed E-state index contributed by atoms with van der Waals surface area (Å²) in [5, 5.41) is 3.39. The van der Waals surface area contributed by atoms with E-state index in [-0.39, 0.29) is 12.4 Å². The molecule has 1 N–H and O–H groups in total. The molecule has 66 valence electrons. The molecule has 0 aromatic rings. The molecule has 2 nitrogen and oxygen atoms in total. The number of nitrogens with zero attached hydrogens (tertiary/aromatic N) is 1. The second-order valence-electron chi connectivity index (χ2n) is 3.37. The molecule has 0 atom stereocenters. The maximum absolute atomic E-state index is 3.39. The lowest BCUT2D eigenvalue weighted by Crippen LogP contribution is -2.49. The van der Waals surface area contributed by atoms with Crippen LogP contribution in [0.4, 0.5) is 0 Å². The van der Waals surface area contributed by atoms with E-state index in [4.69, 9.17) is 0 Å². The van der Waals surface area contributed by atoms with Crippen molar-refractivity contribution in [3.05, 3.63) is 0 Å². The molecule has 0 bridgehead atoms. The highest BCUT2D eigenvalue weighted by atomic mass is 35.5. The van der Waals surface area contributed by atoms with Crippen molar-refractivity contribution in [1.82, 2.24) is 10.2 Å². The van der Waals surface area contributed by atoms with Crippen molar-refractivity contribution in [1.29, 1.82) is 0 Å². The highest BCUT2D eigenvalue weighted by Crippen LogP contribution is 2.17. The summed E-state index contributed by atoms with van der Waals surface area (Å²) < 4.78 is 0. The Balaban J connectivity index is 0.000000605. The molecule has 0 saturated carbocycles. The third-order valence-corrected chi connectivity index (χ3v) is 2.72. The smallest absolute Gasteiger partial charge is 0.0119 e.